The lowest BCUT2D eigenvalue weighted by molar-refractivity contribution is 0.444. The number of furan rings is 1. The zero-order chi connectivity index (χ0) is 5.28. The second-order valence-electron chi connectivity index (χ2n) is 1.08. The highest BCUT2D eigenvalue weighted by atomic mass is 127. The van der Waals surface area contributed by atoms with Gasteiger partial charge in [-0.05, 0) is 0 Å². The molecule has 0 bridgehead atoms. The Morgan fingerprint density at radius 1 is 1.71 bits per heavy atom. The standard InChI is InChI=1S/C4H3IO2/c5-4-3(6)1-2-7-4/h1-2,6H. The van der Waals surface area contributed by atoms with E-state index in [1.54, 1.807) is 0 Å². The van der Waals surface area contributed by atoms with Crippen LogP contribution in [0.25, 0.3) is 0 Å². The smallest absolute Gasteiger partial charge is 0.204 e. The summed E-state index contributed by atoms with van der Waals surface area (Å²) in [5.41, 5.74) is 0. The molecule has 0 aliphatic rings. The Bertz CT molecular complexity index is 142. The molecule has 7 heavy (non-hydrogen) atoms. The minimum Gasteiger partial charge on any atom is -0.504 e. The van der Waals surface area contributed by atoms with Crippen molar-refractivity contribution in [3.05, 3.63) is 16.1 Å². The molecule has 0 aromatic carbocycles. The summed E-state index contributed by atoms with van der Waals surface area (Å²) in [6, 6.07) is 1.50. The molecule has 0 aliphatic heterocycles. The van der Waals surface area contributed by atoms with Gasteiger partial charge in [0.1, 0.15) is 0 Å². The van der Waals surface area contributed by atoms with Crippen LogP contribution in [0.15, 0.2) is 16.7 Å². The summed E-state index contributed by atoms with van der Waals surface area (Å²) in [5, 5.41) is 8.66. The third-order valence-electron chi connectivity index (χ3n) is 0.599. The van der Waals surface area contributed by atoms with E-state index in [2.05, 4.69) is 0 Å². The summed E-state index contributed by atoms with van der Waals surface area (Å²) in [6.07, 6.45) is 1.44. The molecule has 0 saturated heterocycles. The van der Waals surface area contributed by atoms with Gasteiger partial charge in [-0.25, -0.2) is 0 Å². The summed E-state index contributed by atoms with van der Waals surface area (Å²) in [4.78, 5) is 0. The Kier molecular flexibility index (Phi) is 1.23. The molecule has 1 heterocycles. The molecule has 0 spiro atoms. The molecule has 1 rings (SSSR count). The van der Waals surface area contributed by atoms with Crippen LogP contribution in [0.4, 0.5) is 0 Å². The van der Waals surface area contributed by atoms with Gasteiger partial charge in [0.25, 0.3) is 0 Å². The summed E-state index contributed by atoms with van der Waals surface area (Å²) in [6.45, 7) is 0. The van der Waals surface area contributed by atoms with Crippen LogP contribution in [0.3, 0.4) is 0 Å². The Balaban J connectivity index is 3.12. The molecule has 1 aromatic rings. The van der Waals surface area contributed by atoms with Crippen molar-refractivity contribution in [3.8, 4) is 5.75 Å². The first kappa shape index (κ1) is 4.96. The molecule has 0 saturated carbocycles. The van der Waals surface area contributed by atoms with E-state index in [4.69, 9.17) is 9.52 Å². The van der Waals surface area contributed by atoms with E-state index >= 15 is 0 Å². The molecular weight excluding hydrogens is 207 g/mol. The number of hydrogen-bond acceptors (Lipinski definition) is 2. The van der Waals surface area contributed by atoms with E-state index in [0.29, 0.717) is 3.77 Å². The van der Waals surface area contributed by atoms with Crippen LogP contribution in [0, 0.1) is 3.77 Å². The van der Waals surface area contributed by atoms with Gasteiger partial charge in [0.2, 0.25) is 3.77 Å². The Hall–Kier alpha value is -0.190. The lowest BCUT2D eigenvalue weighted by Gasteiger charge is -1.76. The molecule has 0 amide bonds. The third kappa shape index (κ3) is 0.876. The SMILES string of the molecule is Oc1ccoc1I. The monoisotopic (exact) mass is 210 g/mol. The normalized spacial score (nSPS) is 9.29. The van der Waals surface area contributed by atoms with Crippen molar-refractivity contribution in [2.24, 2.45) is 0 Å². The first-order valence-electron chi connectivity index (χ1n) is 1.72. The van der Waals surface area contributed by atoms with E-state index in [0.717, 1.165) is 0 Å². The second-order valence-corrected chi connectivity index (χ2v) is 2.06. The van der Waals surface area contributed by atoms with Crippen LogP contribution in [0.5, 0.6) is 5.75 Å². The topological polar surface area (TPSA) is 33.4 Å². The average Bonchev–Trinajstić information content (AvgIpc) is 1.91. The minimum atomic E-state index is 0.209. The summed E-state index contributed by atoms with van der Waals surface area (Å²) in [5.74, 6) is 0.209. The first-order chi connectivity index (χ1) is 3.30. The predicted octanol–water partition coefficient (Wildman–Crippen LogP) is 1.59. The average molecular weight is 210 g/mol. The molecule has 1 N–H and O–H groups in total. The van der Waals surface area contributed by atoms with Gasteiger partial charge >= 0.3 is 0 Å². The lowest BCUT2D eigenvalue weighted by atomic mass is 10.6. The predicted molar refractivity (Wildman–Crippen MR) is 33.1 cm³/mol. The second kappa shape index (κ2) is 1.73. The van der Waals surface area contributed by atoms with E-state index in [1.165, 1.54) is 12.3 Å². The maximum Gasteiger partial charge on any atom is 0.204 e. The van der Waals surface area contributed by atoms with Gasteiger partial charge in [-0.2, -0.15) is 0 Å². The van der Waals surface area contributed by atoms with Gasteiger partial charge in [-0.3, -0.25) is 0 Å². The van der Waals surface area contributed by atoms with E-state index in [-0.39, 0.29) is 5.75 Å². The van der Waals surface area contributed by atoms with E-state index in [9.17, 15) is 0 Å². The van der Waals surface area contributed by atoms with Gasteiger partial charge in [0.05, 0.1) is 6.26 Å². The maximum atomic E-state index is 8.66. The fourth-order valence-corrected chi connectivity index (χ4v) is 0.611. The number of hydrogen-bond donors (Lipinski definition) is 1. The van der Waals surface area contributed by atoms with Gasteiger partial charge in [-0.1, -0.05) is 0 Å². The summed E-state index contributed by atoms with van der Waals surface area (Å²) in [7, 11) is 0. The van der Waals surface area contributed by atoms with Crippen molar-refractivity contribution < 1.29 is 9.52 Å². The molecule has 0 fully saturated rings. The van der Waals surface area contributed by atoms with E-state index < -0.39 is 0 Å². The molecule has 2 nitrogen and oxygen atoms in total. The van der Waals surface area contributed by atoms with Crippen molar-refractivity contribution in [2.45, 2.75) is 0 Å². The minimum absolute atomic E-state index is 0.209. The molecular formula is C4H3IO2. The third-order valence-corrected chi connectivity index (χ3v) is 1.41. The molecule has 0 aliphatic carbocycles. The summed E-state index contributed by atoms with van der Waals surface area (Å²) < 4.78 is 5.24. The highest BCUT2D eigenvalue weighted by molar-refractivity contribution is 14.1. The van der Waals surface area contributed by atoms with Crippen LogP contribution in [0.2, 0.25) is 0 Å². The quantitative estimate of drug-likeness (QED) is 0.659. The zero-order valence-corrected chi connectivity index (χ0v) is 5.55. The molecule has 0 radical (unpaired) electrons. The zero-order valence-electron chi connectivity index (χ0n) is 3.39. The van der Waals surface area contributed by atoms with E-state index in [1.807, 2.05) is 22.6 Å². The van der Waals surface area contributed by atoms with Crippen LogP contribution in [0.1, 0.15) is 0 Å². The van der Waals surface area contributed by atoms with Gasteiger partial charge in [0.15, 0.2) is 5.75 Å². The van der Waals surface area contributed by atoms with Crippen molar-refractivity contribution in [1.82, 2.24) is 0 Å². The van der Waals surface area contributed by atoms with Gasteiger partial charge in [0, 0.05) is 28.7 Å². The molecule has 0 atom stereocenters. The Morgan fingerprint density at radius 3 is 2.57 bits per heavy atom. The fraction of sp³-hybridized carbons (Fsp3) is 0. The first-order valence-corrected chi connectivity index (χ1v) is 2.80. The molecule has 1 aromatic heterocycles. The number of rotatable bonds is 0. The Labute approximate surface area is 54.3 Å². The number of halogens is 1. The van der Waals surface area contributed by atoms with Crippen LogP contribution >= 0.6 is 22.6 Å². The molecule has 38 valence electrons. The van der Waals surface area contributed by atoms with Gasteiger partial charge in [-0.15, -0.1) is 0 Å². The van der Waals surface area contributed by atoms with Crippen molar-refractivity contribution >= 4 is 22.6 Å². The van der Waals surface area contributed by atoms with Crippen molar-refractivity contribution in [2.75, 3.05) is 0 Å². The number of aromatic hydroxyl groups is 1. The van der Waals surface area contributed by atoms with Crippen LogP contribution in [-0.2, 0) is 0 Å². The molecule has 0 unspecified atom stereocenters. The van der Waals surface area contributed by atoms with Gasteiger partial charge < -0.3 is 9.52 Å². The molecule has 3 heteroatoms. The van der Waals surface area contributed by atoms with Crippen LogP contribution < -0.4 is 0 Å². The highest BCUT2D eigenvalue weighted by Crippen LogP contribution is 2.18. The van der Waals surface area contributed by atoms with Crippen LogP contribution in [-0.4, -0.2) is 5.11 Å². The largest absolute Gasteiger partial charge is 0.504 e. The fourth-order valence-electron chi connectivity index (χ4n) is 0.284. The Morgan fingerprint density at radius 2 is 2.43 bits per heavy atom. The van der Waals surface area contributed by atoms with Crippen molar-refractivity contribution in [1.29, 1.82) is 0 Å². The summed E-state index contributed by atoms with van der Waals surface area (Å²) >= 11 is 1.90. The lowest BCUT2D eigenvalue weighted by Crippen LogP contribution is -1.54. The van der Waals surface area contributed by atoms with Crippen molar-refractivity contribution in [3.63, 3.8) is 0 Å². The maximum absolute atomic E-state index is 8.66. The highest BCUT2D eigenvalue weighted by Gasteiger charge is 1.94.